The molecule has 3 rings (SSSR count). The van der Waals surface area contributed by atoms with Gasteiger partial charge in [0.25, 0.3) is 5.91 Å². The van der Waals surface area contributed by atoms with Crippen molar-refractivity contribution < 1.29 is 33.2 Å². The van der Waals surface area contributed by atoms with Gasteiger partial charge in [-0.2, -0.15) is 0 Å². The molecule has 11 heteroatoms. The molecule has 3 N–H and O–H groups in total. The standard InChI is InChI=1S/C23H28N4O7/c1-14-9-17(27-34-14)22(31)26-18(12-32-3)21(30)24-11-19(28)25-16(20(29)23(2)13-33-23)10-15-7-5-4-6-8-15/h4-9,16,18H,10-13H2,1-3H3,(H,24,30)(H,25,28)(H,26,31). The quantitative estimate of drug-likeness (QED) is 0.363. The summed E-state index contributed by atoms with van der Waals surface area (Å²) in [6, 6.07) is 8.82. The predicted octanol–water partition coefficient (Wildman–Crippen LogP) is -0.0705. The van der Waals surface area contributed by atoms with Crippen LogP contribution < -0.4 is 16.0 Å². The van der Waals surface area contributed by atoms with Gasteiger partial charge in [0.05, 0.1) is 25.8 Å². The number of hydrogen-bond donors (Lipinski definition) is 3. The molecule has 3 atom stereocenters. The highest BCUT2D eigenvalue weighted by Gasteiger charge is 2.50. The highest BCUT2D eigenvalue weighted by molar-refractivity contribution is 5.98. The zero-order chi connectivity index (χ0) is 24.7. The van der Waals surface area contributed by atoms with Crippen molar-refractivity contribution in [1.82, 2.24) is 21.1 Å². The van der Waals surface area contributed by atoms with Crippen molar-refractivity contribution in [3.05, 3.63) is 53.4 Å². The molecule has 1 saturated heterocycles. The predicted molar refractivity (Wildman–Crippen MR) is 119 cm³/mol. The van der Waals surface area contributed by atoms with E-state index in [1.54, 1.807) is 13.8 Å². The monoisotopic (exact) mass is 472 g/mol. The lowest BCUT2D eigenvalue weighted by Gasteiger charge is -2.21. The fourth-order valence-electron chi connectivity index (χ4n) is 3.27. The molecule has 3 amide bonds. The van der Waals surface area contributed by atoms with E-state index in [9.17, 15) is 19.2 Å². The van der Waals surface area contributed by atoms with Crippen molar-refractivity contribution in [3.8, 4) is 0 Å². The lowest BCUT2D eigenvalue weighted by molar-refractivity contribution is -0.131. The number of ether oxygens (including phenoxy) is 2. The minimum absolute atomic E-state index is 0.0159. The largest absolute Gasteiger partial charge is 0.382 e. The van der Waals surface area contributed by atoms with Crippen LogP contribution in [-0.2, 0) is 30.3 Å². The summed E-state index contributed by atoms with van der Waals surface area (Å²) < 4.78 is 15.1. The van der Waals surface area contributed by atoms with Gasteiger partial charge in [0.2, 0.25) is 11.8 Å². The third kappa shape index (κ3) is 6.72. The van der Waals surface area contributed by atoms with Gasteiger partial charge in [-0.3, -0.25) is 19.2 Å². The maximum atomic E-state index is 12.9. The van der Waals surface area contributed by atoms with Gasteiger partial charge in [-0.1, -0.05) is 35.5 Å². The summed E-state index contributed by atoms with van der Waals surface area (Å²) >= 11 is 0. The van der Waals surface area contributed by atoms with Crippen molar-refractivity contribution in [1.29, 1.82) is 0 Å². The molecule has 1 aliphatic heterocycles. The molecule has 1 aromatic carbocycles. The second-order valence-electron chi connectivity index (χ2n) is 8.22. The Kier molecular flexibility index (Phi) is 8.13. The number of nitrogens with one attached hydrogen (secondary N) is 3. The molecule has 0 aliphatic carbocycles. The second-order valence-corrected chi connectivity index (χ2v) is 8.22. The normalized spacial score (nSPS) is 18.4. The van der Waals surface area contributed by atoms with Crippen LogP contribution in [0.5, 0.6) is 0 Å². The van der Waals surface area contributed by atoms with Crippen molar-refractivity contribution in [3.63, 3.8) is 0 Å². The smallest absolute Gasteiger partial charge is 0.274 e. The van der Waals surface area contributed by atoms with Crippen LogP contribution in [0, 0.1) is 6.92 Å². The van der Waals surface area contributed by atoms with Crippen LogP contribution in [0.25, 0.3) is 0 Å². The van der Waals surface area contributed by atoms with E-state index < -0.39 is 42.0 Å². The second kappa shape index (κ2) is 11.0. The van der Waals surface area contributed by atoms with E-state index in [-0.39, 0.29) is 24.5 Å². The SMILES string of the molecule is COCC(NC(=O)c1cc(C)on1)C(=O)NCC(=O)NC(Cc1ccccc1)C(=O)C1(C)CO1. The number of benzene rings is 1. The van der Waals surface area contributed by atoms with Gasteiger partial charge in [-0.15, -0.1) is 0 Å². The van der Waals surface area contributed by atoms with Gasteiger partial charge in [0, 0.05) is 13.2 Å². The van der Waals surface area contributed by atoms with Crippen LogP contribution in [0.2, 0.25) is 0 Å². The molecule has 11 nitrogen and oxygen atoms in total. The van der Waals surface area contributed by atoms with Gasteiger partial charge in [-0.05, 0) is 25.8 Å². The average Bonchev–Trinajstić information content (AvgIpc) is 3.42. The van der Waals surface area contributed by atoms with Crippen LogP contribution in [-0.4, -0.2) is 73.2 Å². The average molecular weight is 472 g/mol. The maximum absolute atomic E-state index is 12.9. The Balaban J connectivity index is 1.57. The first-order valence-electron chi connectivity index (χ1n) is 10.7. The van der Waals surface area contributed by atoms with Crippen LogP contribution >= 0.6 is 0 Å². The third-order valence-electron chi connectivity index (χ3n) is 5.27. The Labute approximate surface area is 196 Å². The van der Waals surface area contributed by atoms with Gasteiger partial charge in [-0.25, -0.2) is 0 Å². The van der Waals surface area contributed by atoms with Gasteiger partial charge in [0.1, 0.15) is 17.4 Å². The summed E-state index contributed by atoms with van der Waals surface area (Å²) in [4.78, 5) is 50.3. The number of carbonyl (C=O) groups is 4. The zero-order valence-corrected chi connectivity index (χ0v) is 19.3. The Hall–Kier alpha value is -3.57. The molecule has 182 valence electrons. The Morgan fingerprint density at radius 1 is 1.15 bits per heavy atom. The van der Waals surface area contributed by atoms with Crippen LogP contribution in [0.1, 0.15) is 28.7 Å². The number of aromatic nitrogens is 1. The van der Waals surface area contributed by atoms with E-state index in [0.717, 1.165) is 5.56 Å². The van der Waals surface area contributed by atoms with E-state index in [1.807, 2.05) is 30.3 Å². The lowest BCUT2D eigenvalue weighted by Crippen LogP contribution is -2.53. The Bertz CT molecular complexity index is 1030. The number of epoxide rings is 1. The summed E-state index contributed by atoms with van der Waals surface area (Å²) in [5.74, 6) is -1.59. The highest BCUT2D eigenvalue weighted by atomic mass is 16.6. The summed E-state index contributed by atoms with van der Waals surface area (Å²) in [7, 11) is 1.37. The van der Waals surface area contributed by atoms with Crippen molar-refractivity contribution >= 4 is 23.5 Å². The van der Waals surface area contributed by atoms with E-state index >= 15 is 0 Å². The van der Waals surface area contributed by atoms with Crippen molar-refractivity contribution in [2.75, 3.05) is 26.9 Å². The Morgan fingerprint density at radius 3 is 2.44 bits per heavy atom. The number of nitrogens with zero attached hydrogens (tertiary/aromatic N) is 1. The zero-order valence-electron chi connectivity index (χ0n) is 19.3. The van der Waals surface area contributed by atoms with Crippen LogP contribution in [0.15, 0.2) is 40.9 Å². The molecular formula is C23H28N4O7. The fraction of sp³-hybridized carbons (Fsp3) is 0.435. The minimum Gasteiger partial charge on any atom is -0.382 e. The van der Waals surface area contributed by atoms with E-state index in [2.05, 4.69) is 21.1 Å². The molecule has 0 radical (unpaired) electrons. The summed E-state index contributed by atoms with van der Waals surface area (Å²) in [5, 5.41) is 11.2. The highest BCUT2D eigenvalue weighted by Crippen LogP contribution is 2.29. The van der Waals surface area contributed by atoms with Crippen LogP contribution in [0.4, 0.5) is 0 Å². The molecule has 0 bridgehead atoms. The van der Waals surface area contributed by atoms with Crippen molar-refractivity contribution in [2.45, 2.75) is 38.0 Å². The molecule has 1 aliphatic rings. The first-order valence-corrected chi connectivity index (χ1v) is 10.7. The number of Topliss-reactive ketones (excluding diaryl/α,β-unsaturated/α-hetero) is 1. The molecule has 2 aromatic rings. The summed E-state index contributed by atoms with van der Waals surface area (Å²) in [6.45, 7) is 3.09. The number of amides is 3. The van der Waals surface area contributed by atoms with Crippen LogP contribution in [0.3, 0.4) is 0 Å². The number of methoxy groups -OCH3 is 1. The molecule has 3 unspecified atom stereocenters. The number of rotatable bonds is 12. The minimum atomic E-state index is -1.07. The molecule has 34 heavy (non-hydrogen) atoms. The molecule has 1 fully saturated rings. The van der Waals surface area contributed by atoms with Gasteiger partial charge < -0.3 is 29.9 Å². The van der Waals surface area contributed by atoms with Crippen molar-refractivity contribution in [2.24, 2.45) is 0 Å². The lowest BCUT2D eigenvalue weighted by atomic mass is 9.95. The van der Waals surface area contributed by atoms with E-state index in [4.69, 9.17) is 14.0 Å². The maximum Gasteiger partial charge on any atom is 0.274 e. The third-order valence-corrected chi connectivity index (χ3v) is 5.27. The summed E-state index contributed by atoms with van der Waals surface area (Å²) in [6.07, 6.45) is 0.289. The summed E-state index contributed by atoms with van der Waals surface area (Å²) in [5.41, 5.74) is -0.0221. The fourth-order valence-corrected chi connectivity index (χ4v) is 3.27. The molecular weight excluding hydrogens is 444 g/mol. The molecule has 0 spiro atoms. The van der Waals surface area contributed by atoms with Gasteiger partial charge >= 0.3 is 0 Å². The first kappa shape index (κ1) is 25.1. The number of ketones is 1. The number of aryl methyl sites for hydroxylation is 1. The first-order chi connectivity index (χ1) is 16.2. The Morgan fingerprint density at radius 2 is 1.85 bits per heavy atom. The number of hydrogen-bond acceptors (Lipinski definition) is 8. The van der Waals surface area contributed by atoms with Gasteiger partial charge in [0.15, 0.2) is 11.5 Å². The molecule has 2 heterocycles. The molecule has 1 aromatic heterocycles. The van der Waals surface area contributed by atoms with E-state index in [0.29, 0.717) is 12.4 Å². The van der Waals surface area contributed by atoms with E-state index in [1.165, 1.54) is 13.2 Å². The molecule has 0 saturated carbocycles. The topological polar surface area (TPSA) is 152 Å². The number of carbonyl (C=O) groups excluding carboxylic acids is 4.